The van der Waals surface area contributed by atoms with Gasteiger partial charge in [-0.1, -0.05) is 42.5 Å². The summed E-state index contributed by atoms with van der Waals surface area (Å²) in [5.74, 6) is -0.168. The van der Waals surface area contributed by atoms with E-state index in [1.54, 1.807) is 11.0 Å². The van der Waals surface area contributed by atoms with Gasteiger partial charge in [-0.2, -0.15) is 13.2 Å². The Labute approximate surface area is 173 Å². The van der Waals surface area contributed by atoms with Crippen molar-refractivity contribution in [1.82, 2.24) is 9.47 Å². The van der Waals surface area contributed by atoms with Crippen LogP contribution in [0.3, 0.4) is 0 Å². The van der Waals surface area contributed by atoms with Gasteiger partial charge in [0.1, 0.15) is 0 Å². The van der Waals surface area contributed by atoms with Gasteiger partial charge in [0, 0.05) is 31.1 Å². The van der Waals surface area contributed by atoms with Crippen LogP contribution in [0.5, 0.6) is 0 Å². The van der Waals surface area contributed by atoms with Gasteiger partial charge in [0.2, 0.25) is 5.91 Å². The van der Waals surface area contributed by atoms with Gasteiger partial charge in [-0.25, -0.2) is 0 Å². The van der Waals surface area contributed by atoms with Crippen LogP contribution in [-0.4, -0.2) is 21.9 Å². The summed E-state index contributed by atoms with van der Waals surface area (Å²) in [5, 5.41) is 0. The smallest absolute Gasteiger partial charge is 0.349 e. The number of amides is 1. The molecule has 0 N–H and O–H groups in total. The van der Waals surface area contributed by atoms with Crippen LogP contribution in [0.2, 0.25) is 0 Å². The topological polar surface area (TPSA) is 25.2 Å². The van der Waals surface area contributed by atoms with Crippen LogP contribution in [0, 0.1) is 0 Å². The van der Waals surface area contributed by atoms with Crippen molar-refractivity contribution in [2.45, 2.75) is 25.2 Å². The predicted molar refractivity (Wildman–Crippen MR) is 110 cm³/mol. The van der Waals surface area contributed by atoms with Crippen molar-refractivity contribution in [1.29, 1.82) is 0 Å². The third kappa shape index (κ3) is 4.17. The highest BCUT2D eigenvalue weighted by molar-refractivity contribution is 5.92. The second kappa shape index (κ2) is 8.22. The quantitative estimate of drug-likeness (QED) is 0.521. The van der Waals surface area contributed by atoms with E-state index in [4.69, 9.17) is 0 Å². The highest BCUT2D eigenvalue weighted by Gasteiger charge is 2.33. The van der Waals surface area contributed by atoms with Gasteiger partial charge in [-0.05, 0) is 47.9 Å². The van der Waals surface area contributed by atoms with Crippen LogP contribution >= 0.6 is 0 Å². The van der Waals surface area contributed by atoms with Crippen molar-refractivity contribution in [2.24, 2.45) is 0 Å². The van der Waals surface area contributed by atoms with Crippen molar-refractivity contribution in [3.63, 3.8) is 0 Å². The summed E-state index contributed by atoms with van der Waals surface area (Å²) in [7, 11) is 0. The van der Waals surface area contributed by atoms with Crippen molar-refractivity contribution >= 4 is 12.0 Å². The average Bonchev–Trinajstić information content (AvgIpc) is 3.12. The molecule has 0 spiro atoms. The van der Waals surface area contributed by atoms with Crippen LogP contribution in [0.1, 0.15) is 34.8 Å². The molecule has 0 saturated heterocycles. The summed E-state index contributed by atoms with van der Waals surface area (Å²) in [6, 6.07) is 18.0. The first-order valence-electron chi connectivity index (χ1n) is 9.79. The van der Waals surface area contributed by atoms with Crippen molar-refractivity contribution < 1.29 is 18.0 Å². The number of aryl methyl sites for hydroxylation is 1. The van der Waals surface area contributed by atoms with E-state index in [9.17, 15) is 18.0 Å². The number of carbonyl (C=O) groups excluding carboxylic acids is 1. The number of aromatic nitrogens is 1. The summed E-state index contributed by atoms with van der Waals surface area (Å²) in [5.41, 5.74) is 1.77. The monoisotopic (exact) mass is 410 g/mol. The van der Waals surface area contributed by atoms with E-state index in [1.807, 2.05) is 48.7 Å². The van der Waals surface area contributed by atoms with Crippen LogP contribution in [0.4, 0.5) is 13.2 Å². The zero-order chi connectivity index (χ0) is 21.1. The summed E-state index contributed by atoms with van der Waals surface area (Å²) in [6.07, 6.45) is 1.61. The third-order valence-corrected chi connectivity index (χ3v) is 5.31. The van der Waals surface area contributed by atoms with Crippen LogP contribution < -0.4 is 0 Å². The number of alkyl halides is 3. The van der Waals surface area contributed by atoms with Crippen LogP contribution in [0.25, 0.3) is 6.08 Å². The molecule has 0 aliphatic carbocycles. The number of benzene rings is 2. The standard InChI is InChI=1S/C24H21F3N2O/c25-24(26,27)20-12-10-19(11-13-20)23-21-8-4-15-28(21)16-5-17-29(23)22(30)14-9-18-6-2-1-3-7-18/h1-4,6-15,23H,5,16-17H2/b14-9+. The maximum absolute atomic E-state index is 13.1. The maximum Gasteiger partial charge on any atom is 0.416 e. The molecule has 1 amide bonds. The Morgan fingerprint density at radius 1 is 0.933 bits per heavy atom. The zero-order valence-corrected chi connectivity index (χ0v) is 16.2. The number of hydrogen-bond donors (Lipinski definition) is 0. The second-order valence-electron chi connectivity index (χ2n) is 7.28. The molecule has 4 rings (SSSR count). The molecule has 2 heterocycles. The average molecular weight is 410 g/mol. The molecule has 0 radical (unpaired) electrons. The lowest BCUT2D eigenvalue weighted by molar-refractivity contribution is -0.137. The van der Waals surface area contributed by atoms with Gasteiger partial charge in [-0.3, -0.25) is 4.79 Å². The molecule has 154 valence electrons. The van der Waals surface area contributed by atoms with E-state index < -0.39 is 17.8 Å². The van der Waals surface area contributed by atoms with E-state index in [0.29, 0.717) is 12.1 Å². The predicted octanol–water partition coefficient (Wildman–Crippen LogP) is 5.54. The number of rotatable bonds is 3. The SMILES string of the molecule is O=C(/C=C/c1ccccc1)N1CCCn2cccc2C1c1ccc(C(F)(F)F)cc1. The Balaban J connectivity index is 1.69. The molecule has 3 aromatic rings. The molecule has 30 heavy (non-hydrogen) atoms. The van der Waals surface area contributed by atoms with Gasteiger partial charge in [0.05, 0.1) is 11.6 Å². The minimum absolute atomic E-state index is 0.168. The molecule has 1 unspecified atom stereocenters. The van der Waals surface area contributed by atoms with E-state index in [1.165, 1.54) is 18.2 Å². The lowest BCUT2D eigenvalue weighted by Crippen LogP contribution is -2.34. The molecule has 1 aromatic heterocycles. The molecule has 0 fully saturated rings. The normalized spacial score (nSPS) is 17.0. The van der Waals surface area contributed by atoms with E-state index >= 15 is 0 Å². The van der Waals surface area contributed by atoms with Gasteiger partial charge in [-0.15, -0.1) is 0 Å². The molecule has 3 nitrogen and oxygen atoms in total. The lowest BCUT2D eigenvalue weighted by Gasteiger charge is -2.30. The molecule has 1 aliphatic rings. The van der Waals surface area contributed by atoms with Crippen molar-refractivity contribution in [2.75, 3.05) is 6.54 Å². The summed E-state index contributed by atoms with van der Waals surface area (Å²) in [4.78, 5) is 14.9. The van der Waals surface area contributed by atoms with Gasteiger partial charge >= 0.3 is 6.18 Å². The van der Waals surface area contributed by atoms with E-state index in [2.05, 4.69) is 4.57 Å². The lowest BCUT2D eigenvalue weighted by atomic mass is 10.00. The van der Waals surface area contributed by atoms with Gasteiger partial charge < -0.3 is 9.47 Å². The minimum atomic E-state index is -4.39. The fraction of sp³-hybridized carbons (Fsp3) is 0.208. The van der Waals surface area contributed by atoms with Crippen LogP contribution in [0.15, 0.2) is 79.0 Å². The number of halogens is 3. The Hall–Kier alpha value is -3.28. The maximum atomic E-state index is 13.1. The molecular weight excluding hydrogens is 389 g/mol. The van der Waals surface area contributed by atoms with Crippen molar-refractivity contribution in [3.05, 3.63) is 101 Å². The minimum Gasteiger partial charge on any atom is -0.349 e. The highest BCUT2D eigenvalue weighted by atomic mass is 19.4. The van der Waals surface area contributed by atoms with Crippen LogP contribution in [-0.2, 0) is 17.5 Å². The number of nitrogens with zero attached hydrogens (tertiary/aromatic N) is 2. The molecule has 2 aromatic carbocycles. The van der Waals surface area contributed by atoms with Gasteiger partial charge in [0.25, 0.3) is 0 Å². The zero-order valence-electron chi connectivity index (χ0n) is 16.2. The van der Waals surface area contributed by atoms with Gasteiger partial charge in [0.15, 0.2) is 0 Å². The molecule has 0 bridgehead atoms. The summed E-state index contributed by atoms with van der Waals surface area (Å²) >= 11 is 0. The summed E-state index contributed by atoms with van der Waals surface area (Å²) in [6.45, 7) is 1.27. The molecular formula is C24H21F3N2O. The number of hydrogen-bond acceptors (Lipinski definition) is 1. The summed E-state index contributed by atoms with van der Waals surface area (Å²) < 4.78 is 41.1. The first-order valence-corrected chi connectivity index (χ1v) is 9.79. The number of fused-ring (bicyclic) bond motifs is 1. The van der Waals surface area contributed by atoms with E-state index in [-0.39, 0.29) is 5.91 Å². The Bertz CT molecular complexity index is 1040. The molecule has 1 aliphatic heterocycles. The molecule has 0 saturated carbocycles. The molecule has 1 atom stereocenters. The second-order valence-corrected chi connectivity index (χ2v) is 7.28. The Morgan fingerprint density at radius 2 is 1.67 bits per heavy atom. The molecule has 6 heteroatoms. The van der Waals surface area contributed by atoms with E-state index in [0.717, 1.165) is 36.4 Å². The fourth-order valence-electron chi connectivity index (χ4n) is 3.85. The highest BCUT2D eigenvalue weighted by Crippen LogP contribution is 2.35. The first-order chi connectivity index (χ1) is 14.4. The first kappa shape index (κ1) is 20.0. The Morgan fingerprint density at radius 3 is 2.37 bits per heavy atom. The fourth-order valence-corrected chi connectivity index (χ4v) is 3.85. The number of carbonyl (C=O) groups is 1. The largest absolute Gasteiger partial charge is 0.416 e. The Kier molecular flexibility index (Phi) is 5.48. The van der Waals surface area contributed by atoms with Crippen molar-refractivity contribution in [3.8, 4) is 0 Å². The third-order valence-electron chi connectivity index (χ3n) is 5.31.